The molecule has 1 aliphatic heterocycles. The van der Waals surface area contributed by atoms with E-state index in [0.717, 1.165) is 19.3 Å². The number of ether oxygens (including phenoxy) is 3. The summed E-state index contributed by atoms with van der Waals surface area (Å²) in [6, 6.07) is 14.5. The first-order chi connectivity index (χ1) is 23.1. The molecule has 4 rings (SSSR count). The lowest BCUT2D eigenvalue weighted by Gasteiger charge is -2.35. The van der Waals surface area contributed by atoms with Gasteiger partial charge < -0.3 is 39.8 Å². The second kappa shape index (κ2) is 17.5. The lowest BCUT2D eigenvalue weighted by atomic mass is 10.0. The van der Waals surface area contributed by atoms with E-state index in [9.17, 15) is 19.5 Å². The maximum Gasteiger partial charge on any atom is 0.321 e. The summed E-state index contributed by atoms with van der Waals surface area (Å²) in [6.07, 6.45) is 4.85. The van der Waals surface area contributed by atoms with Crippen LogP contribution in [-0.2, 0) is 4.74 Å². The van der Waals surface area contributed by atoms with Gasteiger partial charge in [-0.2, -0.15) is 0 Å². The minimum absolute atomic E-state index is 0.192. The van der Waals surface area contributed by atoms with Crippen LogP contribution in [0.2, 0.25) is 0 Å². The van der Waals surface area contributed by atoms with Gasteiger partial charge in [0, 0.05) is 62.0 Å². The fourth-order valence-corrected chi connectivity index (χ4v) is 5.42. The number of hydrogen-bond acceptors (Lipinski definition) is 8. The third-order valence-electron chi connectivity index (χ3n) is 8.39. The van der Waals surface area contributed by atoms with Crippen LogP contribution < -0.4 is 20.1 Å². The Kier molecular flexibility index (Phi) is 13.2. The number of carbonyl (C=O) groups is 3. The van der Waals surface area contributed by atoms with E-state index in [1.165, 1.54) is 12.4 Å². The molecule has 3 aromatic rings. The van der Waals surface area contributed by atoms with Crippen LogP contribution in [0.15, 0.2) is 67.0 Å². The maximum absolute atomic E-state index is 14.3. The summed E-state index contributed by atoms with van der Waals surface area (Å²) < 4.78 is 17.9. The molecule has 1 aromatic heterocycles. The molecule has 0 spiro atoms. The zero-order chi connectivity index (χ0) is 34.6. The van der Waals surface area contributed by atoms with Crippen LogP contribution in [0.25, 0.3) is 0 Å². The normalized spacial score (nSPS) is 19.6. The van der Waals surface area contributed by atoms with Gasteiger partial charge in [0.2, 0.25) is 0 Å². The average molecular weight is 662 g/mol. The molecule has 4 amide bonds. The summed E-state index contributed by atoms with van der Waals surface area (Å²) in [5, 5.41) is 16.0. The molecular weight excluding hydrogens is 614 g/mol. The SMILES string of the molecule is COc1ccc(NC(=O)N(C)C[C@@H]2OCCCC[C@H](C)Oc3ccc(NC(=O)c4ccncc4)cc3C(=O)N([C@@H](C)CO)C[C@H]2C)cc1. The molecule has 0 radical (unpaired) electrons. The van der Waals surface area contributed by atoms with Crippen LogP contribution in [0.4, 0.5) is 16.2 Å². The number of aliphatic hydroxyl groups excluding tert-OH is 1. The van der Waals surface area contributed by atoms with E-state index in [0.29, 0.717) is 35.0 Å². The van der Waals surface area contributed by atoms with Gasteiger partial charge in [-0.05, 0) is 87.7 Å². The van der Waals surface area contributed by atoms with Crippen molar-refractivity contribution in [1.29, 1.82) is 0 Å². The predicted molar refractivity (Wildman–Crippen MR) is 184 cm³/mol. The van der Waals surface area contributed by atoms with Gasteiger partial charge in [-0.3, -0.25) is 14.6 Å². The number of rotatable bonds is 8. The molecule has 0 fully saturated rings. The number of nitrogens with one attached hydrogen (secondary N) is 2. The maximum atomic E-state index is 14.3. The fraction of sp³-hybridized carbons (Fsp3) is 0.444. The van der Waals surface area contributed by atoms with E-state index in [1.807, 2.05) is 13.8 Å². The van der Waals surface area contributed by atoms with Crippen molar-refractivity contribution in [1.82, 2.24) is 14.8 Å². The van der Waals surface area contributed by atoms with Crippen molar-refractivity contribution in [3.63, 3.8) is 0 Å². The Morgan fingerprint density at radius 3 is 2.46 bits per heavy atom. The molecular formula is C36H47N5O7. The highest BCUT2D eigenvalue weighted by Gasteiger charge is 2.31. The molecule has 0 saturated carbocycles. The summed E-state index contributed by atoms with van der Waals surface area (Å²) in [6.45, 7) is 6.43. The Labute approximate surface area is 282 Å². The number of fused-ring (bicyclic) bond motifs is 1. The number of nitrogens with zero attached hydrogens (tertiary/aromatic N) is 3. The van der Waals surface area contributed by atoms with E-state index in [2.05, 4.69) is 15.6 Å². The molecule has 3 N–H and O–H groups in total. The van der Waals surface area contributed by atoms with Crippen molar-refractivity contribution >= 4 is 29.2 Å². The third kappa shape index (κ3) is 9.91. The van der Waals surface area contributed by atoms with E-state index in [-0.39, 0.29) is 55.1 Å². The quantitative estimate of drug-likeness (QED) is 0.295. The lowest BCUT2D eigenvalue weighted by molar-refractivity contribution is -0.0115. The van der Waals surface area contributed by atoms with E-state index < -0.39 is 12.1 Å². The van der Waals surface area contributed by atoms with Crippen molar-refractivity contribution < 1.29 is 33.7 Å². The van der Waals surface area contributed by atoms with Crippen molar-refractivity contribution in [3.8, 4) is 11.5 Å². The van der Waals surface area contributed by atoms with Crippen LogP contribution in [0.1, 0.15) is 60.7 Å². The minimum Gasteiger partial charge on any atom is -0.497 e. The number of likely N-dealkylation sites (N-methyl/N-ethyl adjacent to an activating group) is 1. The monoisotopic (exact) mass is 661 g/mol. The van der Waals surface area contributed by atoms with E-state index >= 15 is 0 Å². The molecule has 1 aliphatic rings. The molecule has 258 valence electrons. The summed E-state index contributed by atoms with van der Waals surface area (Å²) in [5.41, 5.74) is 1.76. The Bertz CT molecular complexity index is 1500. The van der Waals surface area contributed by atoms with Gasteiger partial charge >= 0.3 is 6.03 Å². The van der Waals surface area contributed by atoms with Gasteiger partial charge in [0.15, 0.2) is 0 Å². The third-order valence-corrected chi connectivity index (χ3v) is 8.39. The number of hydrogen-bond donors (Lipinski definition) is 3. The van der Waals surface area contributed by atoms with Crippen LogP contribution in [-0.4, -0.2) is 96.4 Å². The summed E-state index contributed by atoms with van der Waals surface area (Å²) >= 11 is 0. The molecule has 12 nitrogen and oxygen atoms in total. The zero-order valence-corrected chi connectivity index (χ0v) is 28.3. The number of carbonyl (C=O) groups excluding carboxylic acids is 3. The van der Waals surface area contributed by atoms with Gasteiger partial charge in [0.05, 0.1) is 37.5 Å². The van der Waals surface area contributed by atoms with Crippen LogP contribution in [0.5, 0.6) is 11.5 Å². The second-order valence-corrected chi connectivity index (χ2v) is 12.2. The summed E-state index contributed by atoms with van der Waals surface area (Å²) in [4.78, 5) is 47.5. The van der Waals surface area contributed by atoms with E-state index in [4.69, 9.17) is 14.2 Å². The number of anilines is 2. The number of pyridine rings is 1. The van der Waals surface area contributed by atoms with Gasteiger partial charge in [0.25, 0.3) is 11.8 Å². The average Bonchev–Trinajstić information content (AvgIpc) is 3.10. The topological polar surface area (TPSA) is 143 Å². The van der Waals surface area contributed by atoms with Crippen molar-refractivity contribution in [3.05, 3.63) is 78.1 Å². The largest absolute Gasteiger partial charge is 0.497 e. The number of amides is 4. The Morgan fingerprint density at radius 1 is 1.06 bits per heavy atom. The predicted octanol–water partition coefficient (Wildman–Crippen LogP) is 5.30. The molecule has 0 aliphatic carbocycles. The summed E-state index contributed by atoms with van der Waals surface area (Å²) in [7, 11) is 3.29. The highest BCUT2D eigenvalue weighted by Crippen LogP contribution is 2.29. The molecule has 0 saturated heterocycles. The van der Waals surface area contributed by atoms with Crippen molar-refractivity contribution in [2.75, 3.05) is 51.1 Å². The first kappa shape index (κ1) is 36.2. The Balaban J connectivity index is 1.58. The molecule has 48 heavy (non-hydrogen) atoms. The molecule has 12 heteroatoms. The van der Waals surface area contributed by atoms with Gasteiger partial charge in [0.1, 0.15) is 11.5 Å². The number of aromatic nitrogens is 1. The van der Waals surface area contributed by atoms with Gasteiger partial charge in [-0.15, -0.1) is 0 Å². The minimum atomic E-state index is -0.537. The first-order valence-electron chi connectivity index (χ1n) is 16.3. The number of urea groups is 1. The molecule has 2 aromatic carbocycles. The van der Waals surface area contributed by atoms with Crippen LogP contribution in [0, 0.1) is 5.92 Å². The van der Waals surface area contributed by atoms with Crippen LogP contribution >= 0.6 is 0 Å². The molecule has 0 bridgehead atoms. The van der Waals surface area contributed by atoms with Crippen molar-refractivity contribution in [2.45, 2.75) is 58.3 Å². The van der Waals surface area contributed by atoms with Crippen molar-refractivity contribution in [2.24, 2.45) is 5.92 Å². The molecule has 2 heterocycles. The first-order valence-corrected chi connectivity index (χ1v) is 16.3. The Morgan fingerprint density at radius 2 is 1.77 bits per heavy atom. The zero-order valence-electron chi connectivity index (χ0n) is 28.3. The van der Waals surface area contributed by atoms with Gasteiger partial charge in [-0.1, -0.05) is 6.92 Å². The highest BCUT2D eigenvalue weighted by molar-refractivity contribution is 6.05. The van der Waals surface area contributed by atoms with Gasteiger partial charge in [-0.25, -0.2) is 4.79 Å². The molecule has 4 atom stereocenters. The smallest absolute Gasteiger partial charge is 0.321 e. The van der Waals surface area contributed by atoms with E-state index in [1.54, 1.807) is 85.5 Å². The number of benzene rings is 2. The Hall–Kier alpha value is -4.68. The molecule has 0 unspecified atom stereocenters. The number of methoxy groups -OCH3 is 1. The standard InChI is InChI=1S/C36H47N5O7/c1-24-21-41(25(2)23-42)35(44)31-20-29(38-34(43)27-15-17-37-18-16-27)11-14-32(31)48-26(3)8-6-7-19-47-33(24)22-40(4)36(45)39-28-9-12-30(46-5)13-10-28/h9-18,20,24-26,33,42H,6-8,19,21-23H2,1-5H3,(H,38,43)(H,39,45)/t24-,25+,26+,33+/m1/s1. The summed E-state index contributed by atoms with van der Waals surface area (Å²) in [5.74, 6) is 0.173. The second-order valence-electron chi connectivity index (χ2n) is 12.2. The fourth-order valence-electron chi connectivity index (χ4n) is 5.42. The highest BCUT2D eigenvalue weighted by atomic mass is 16.5. The van der Waals surface area contributed by atoms with Crippen LogP contribution in [0.3, 0.4) is 0 Å². The lowest BCUT2D eigenvalue weighted by Crippen LogP contribution is -2.48. The number of aliphatic hydroxyl groups is 1.